The van der Waals surface area contributed by atoms with E-state index in [-0.39, 0.29) is 0 Å². The van der Waals surface area contributed by atoms with Gasteiger partial charge in [0, 0.05) is 19.7 Å². The number of hydrogen-bond donors (Lipinski definition) is 1. The molecule has 17 heavy (non-hydrogen) atoms. The molecule has 2 N–H and O–H groups in total. The summed E-state index contributed by atoms with van der Waals surface area (Å²) in [5.74, 6) is 1.03. The zero-order valence-electron chi connectivity index (χ0n) is 9.97. The summed E-state index contributed by atoms with van der Waals surface area (Å²) in [6, 6.07) is 5.77. The van der Waals surface area contributed by atoms with Gasteiger partial charge in [0.25, 0.3) is 0 Å². The van der Waals surface area contributed by atoms with Crippen molar-refractivity contribution in [2.45, 2.75) is 0 Å². The second kappa shape index (κ2) is 4.32. The molecule has 6 nitrogen and oxygen atoms in total. The van der Waals surface area contributed by atoms with Gasteiger partial charge in [-0.25, -0.2) is 0 Å². The smallest absolute Gasteiger partial charge is 0.317 e. The highest BCUT2D eigenvalue weighted by Gasteiger charge is 2.11. The maximum absolute atomic E-state index is 5.73. The van der Waals surface area contributed by atoms with Crippen molar-refractivity contribution in [2.24, 2.45) is 0 Å². The Morgan fingerprint density at radius 3 is 2.65 bits per heavy atom. The standard InChI is InChI=1S/C11H14N4O2/c1-15(2)11-14-13-10(17-11)7-4-5-8(12)9(6-7)16-3/h4-6H,12H2,1-3H3. The predicted molar refractivity (Wildman–Crippen MR) is 65.0 cm³/mol. The Morgan fingerprint density at radius 2 is 2.06 bits per heavy atom. The van der Waals surface area contributed by atoms with Crippen molar-refractivity contribution in [2.75, 3.05) is 31.8 Å². The normalized spacial score (nSPS) is 10.3. The van der Waals surface area contributed by atoms with E-state index in [0.29, 0.717) is 23.3 Å². The molecule has 0 aliphatic carbocycles. The highest BCUT2D eigenvalue weighted by molar-refractivity contribution is 5.64. The van der Waals surface area contributed by atoms with E-state index in [4.69, 9.17) is 14.9 Å². The van der Waals surface area contributed by atoms with Gasteiger partial charge < -0.3 is 19.8 Å². The van der Waals surface area contributed by atoms with Gasteiger partial charge in [-0.05, 0) is 18.2 Å². The summed E-state index contributed by atoms with van der Waals surface area (Å²) in [6.07, 6.45) is 0. The SMILES string of the molecule is COc1cc(-c2nnc(N(C)C)o2)ccc1N. The molecule has 0 spiro atoms. The molecule has 0 atom stereocenters. The summed E-state index contributed by atoms with van der Waals surface area (Å²) in [5.41, 5.74) is 7.08. The molecule has 90 valence electrons. The van der Waals surface area contributed by atoms with Crippen LogP contribution in [0.1, 0.15) is 0 Å². The third-order valence-corrected chi connectivity index (χ3v) is 2.28. The highest BCUT2D eigenvalue weighted by atomic mass is 16.5. The van der Waals surface area contributed by atoms with Crippen LogP contribution in [-0.2, 0) is 0 Å². The zero-order chi connectivity index (χ0) is 12.4. The molecule has 2 rings (SSSR count). The molecule has 0 saturated carbocycles. The van der Waals surface area contributed by atoms with E-state index in [0.717, 1.165) is 5.56 Å². The molecule has 0 fully saturated rings. The van der Waals surface area contributed by atoms with Crippen molar-refractivity contribution < 1.29 is 9.15 Å². The number of benzene rings is 1. The van der Waals surface area contributed by atoms with Crippen LogP contribution in [0.25, 0.3) is 11.5 Å². The van der Waals surface area contributed by atoms with Crippen LogP contribution in [0.5, 0.6) is 5.75 Å². The lowest BCUT2D eigenvalue weighted by atomic mass is 10.2. The topological polar surface area (TPSA) is 77.4 Å². The van der Waals surface area contributed by atoms with Crippen LogP contribution in [0.4, 0.5) is 11.7 Å². The van der Waals surface area contributed by atoms with Gasteiger partial charge in [0.1, 0.15) is 5.75 Å². The molecule has 0 aliphatic rings. The van der Waals surface area contributed by atoms with Gasteiger partial charge in [0.05, 0.1) is 12.8 Å². The maximum atomic E-state index is 5.73. The first-order valence-corrected chi connectivity index (χ1v) is 5.06. The predicted octanol–water partition coefficient (Wildman–Crippen LogP) is 1.39. The quantitative estimate of drug-likeness (QED) is 0.809. The third-order valence-electron chi connectivity index (χ3n) is 2.28. The fourth-order valence-corrected chi connectivity index (χ4v) is 1.36. The molecule has 0 aliphatic heterocycles. The van der Waals surface area contributed by atoms with Gasteiger partial charge in [-0.2, -0.15) is 0 Å². The van der Waals surface area contributed by atoms with E-state index in [2.05, 4.69) is 10.2 Å². The lowest BCUT2D eigenvalue weighted by Crippen LogP contribution is -2.08. The van der Waals surface area contributed by atoms with Crippen molar-refractivity contribution in [1.29, 1.82) is 0 Å². The number of rotatable bonds is 3. The Bertz CT molecular complexity index is 522. The monoisotopic (exact) mass is 234 g/mol. The molecular formula is C11H14N4O2. The van der Waals surface area contributed by atoms with Crippen molar-refractivity contribution >= 4 is 11.7 Å². The summed E-state index contributed by atoms with van der Waals surface area (Å²) in [7, 11) is 5.23. The van der Waals surface area contributed by atoms with Gasteiger partial charge in [-0.3, -0.25) is 0 Å². The van der Waals surface area contributed by atoms with Gasteiger partial charge in [0.15, 0.2) is 0 Å². The first kappa shape index (κ1) is 11.3. The second-order valence-corrected chi connectivity index (χ2v) is 3.74. The zero-order valence-corrected chi connectivity index (χ0v) is 9.97. The number of ether oxygens (including phenoxy) is 1. The van der Waals surface area contributed by atoms with Gasteiger partial charge >= 0.3 is 6.01 Å². The van der Waals surface area contributed by atoms with E-state index < -0.39 is 0 Å². The molecule has 2 aromatic rings. The lowest BCUT2D eigenvalue weighted by molar-refractivity contribution is 0.417. The minimum atomic E-state index is 0.437. The van der Waals surface area contributed by atoms with E-state index in [1.165, 1.54) is 0 Å². The summed E-state index contributed by atoms with van der Waals surface area (Å²) in [5, 5.41) is 7.87. The highest BCUT2D eigenvalue weighted by Crippen LogP contribution is 2.28. The van der Waals surface area contributed by atoms with Crippen LogP contribution < -0.4 is 15.4 Å². The molecule has 1 heterocycles. The first-order valence-electron chi connectivity index (χ1n) is 5.06. The van der Waals surface area contributed by atoms with E-state index >= 15 is 0 Å². The molecule has 0 bridgehead atoms. The van der Waals surface area contributed by atoms with E-state index in [1.54, 1.807) is 24.1 Å². The molecule has 0 radical (unpaired) electrons. The average molecular weight is 234 g/mol. The number of nitrogens with two attached hydrogens (primary N) is 1. The Kier molecular flexibility index (Phi) is 2.86. The van der Waals surface area contributed by atoms with Crippen molar-refractivity contribution in [3.63, 3.8) is 0 Å². The van der Waals surface area contributed by atoms with E-state index in [9.17, 15) is 0 Å². The van der Waals surface area contributed by atoms with Crippen LogP contribution in [0, 0.1) is 0 Å². The number of anilines is 2. The molecule has 0 unspecified atom stereocenters. The van der Waals surface area contributed by atoms with Crippen LogP contribution in [0.3, 0.4) is 0 Å². The fourth-order valence-electron chi connectivity index (χ4n) is 1.36. The fraction of sp³-hybridized carbons (Fsp3) is 0.273. The Hall–Kier alpha value is -2.24. The minimum Gasteiger partial charge on any atom is -0.495 e. The van der Waals surface area contributed by atoms with Crippen LogP contribution >= 0.6 is 0 Å². The number of methoxy groups -OCH3 is 1. The molecule has 1 aromatic heterocycles. The van der Waals surface area contributed by atoms with Crippen LogP contribution in [0.2, 0.25) is 0 Å². The number of nitrogens with zero attached hydrogens (tertiary/aromatic N) is 3. The first-order chi connectivity index (χ1) is 8.11. The lowest BCUT2D eigenvalue weighted by Gasteiger charge is -2.05. The summed E-state index contributed by atoms with van der Waals surface area (Å²) in [6.45, 7) is 0. The molecular weight excluding hydrogens is 220 g/mol. The third kappa shape index (κ3) is 2.15. The maximum Gasteiger partial charge on any atom is 0.317 e. The van der Waals surface area contributed by atoms with Gasteiger partial charge in [-0.1, -0.05) is 5.10 Å². The largest absolute Gasteiger partial charge is 0.495 e. The van der Waals surface area contributed by atoms with Crippen LogP contribution in [0.15, 0.2) is 22.6 Å². The van der Waals surface area contributed by atoms with Crippen molar-refractivity contribution in [1.82, 2.24) is 10.2 Å². The van der Waals surface area contributed by atoms with Gasteiger partial charge in [0.2, 0.25) is 5.89 Å². The Labute approximate surface area is 99.0 Å². The number of aromatic nitrogens is 2. The average Bonchev–Trinajstić information content (AvgIpc) is 2.79. The number of hydrogen-bond acceptors (Lipinski definition) is 6. The second-order valence-electron chi connectivity index (χ2n) is 3.74. The number of nitrogen functional groups attached to an aromatic ring is 1. The molecule has 0 saturated heterocycles. The van der Waals surface area contributed by atoms with E-state index in [1.807, 2.05) is 20.2 Å². The van der Waals surface area contributed by atoms with Gasteiger partial charge in [-0.15, -0.1) is 5.10 Å². The molecule has 1 aromatic carbocycles. The molecule has 6 heteroatoms. The van der Waals surface area contributed by atoms with Crippen molar-refractivity contribution in [3.05, 3.63) is 18.2 Å². The molecule has 0 amide bonds. The summed E-state index contributed by atoms with van der Waals surface area (Å²) < 4.78 is 10.6. The Morgan fingerprint density at radius 1 is 1.29 bits per heavy atom. The minimum absolute atomic E-state index is 0.437. The van der Waals surface area contributed by atoms with Crippen LogP contribution in [-0.4, -0.2) is 31.4 Å². The van der Waals surface area contributed by atoms with Crippen molar-refractivity contribution in [3.8, 4) is 17.2 Å². The summed E-state index contributed by atoms with van der Waals surface area (Å²) in [4.78, 5) is 1.74. The Balaban J connectivity index is 2.38. The summed E-state index contributed by atoms with van der Waals surface area (Å²) >= 11 is 0.